The molecule has 0 bridgehead atoms. The SMILES string of the molecule is CCCc1c(C(=O)O)nnn1CCC(=O)NC. The van der Waals surface area contributed by atoms with E-state index >= 15 is 0 Å². The normalized spacial score (nSPS) is 10.2. The molecule has 94 valence electrons. The number of aromatic nitrogens is 3. The number of hydrogen-bond donors (Lipinski definition) is 2. The van der Waals surface area contributed by atoms with Crippen LogP contribution in [-0.2, 0) is 17.8 Å². The topological polar surface area (TPSA) is 97.1 Å². The Morgan fingerprint density at radius 2 is 2.18 bits per heavy atom. The Kier molecular flexibility index (Phi) is 4.62. The van der Waals surface area contributed by atoms with E-state index in [1.807, 2.05) is 6.92 Å². The minimum Gasteiger partial charge on any atom is -0.476 e. The van der Waals surface area contributed by atoms with Gasteiger partial charge >= 0.3 is 5.97 Å². The Morgan fingerprint density at radius 3 is 2.71 bits per heavy atom. The van der Waals surface area contributed by atoms with Crippen LogP contribution in [0.1, 0.15) is 35.9 Å². The van der Waals surface area contributed by atoms with E-state index in [0.717, 1.165) is 6.42 Å². The molecule has 1 aromatic heterocycles. The van der Waals surface area contributed by atoms with Crippen molar-refractivity contribution in [2.24, 2.45) is 0 Å². The fourth-order valence-electron chi connectivity index (χ4n) is 1.50. The highest BCUT2D eigenvalue weighted by atomic mass is 16.4. The second kappa shape index (κ2) is 5.97. The van der Waals surface area contributed by atoms with E-state index in [9.17, 15) is 9.59 Å². The number of aryl methyl sites for hydroxylation is 1. The van der Waals surface area contributed by atoms with Crippen LogP contribution in [0.4, 0.5) is 0 Å². The highest BCUT2D eigenvalue weighted by Crippen LogP contribution is 2.09. The highest BCUT2D eigenvalue weighted by molar-refractivity contribution is 5.86. The van der Waals surface area contributed by atoms with Gasteiger partial charge in [-0.05, 0) is 6.42 Å². The van der Waals surface area contributed by atoms with Gasteiger partial charge in [-0.1, -0.05) is 18.6 Å². The molecule has 0 atom stereocenters. The third-order valence-corrected chi connectivity index (χ3v) is 2.36. The van der Waals surface area contributed by atoms with Crippen molar-refractivity contribution in [3.63, 3.8) is 0 Å². The zero-order valence-electron chi connectivity index (χ0n) is 9.93. The molecule has 0 fully saturated rings. The molecular formula is C10H16N4O3. The van der Waals surface area contributed by atoms with Crippen molar-refractivity contribution in [3.8, 4) is 0 Å². The summed E-state index contributed by atoms with van der Waals surface area (Å²) in [5.41, 5.74) is 0.549. The van der Waals surface area contributed by atoms with Crippen LogP contribution in [0.2, 0.25) is 0 Å². The number of nitrogens with zero attached hydrogens (tertiary/aromatic N) is 3. The number of carboxylic acid groups (broad SMARTS) is 1. The average Bonchev–Trinajstić information content (AvgIpc) is 2.70. The molecule has 0 aromatic carbocycles. The number of rotatable bonds is 6. The summed E-state index contributed by atoms with van der Waals surface area (Å²) >= 11 is 0. The number of amides is 1. The maximum Gasteiger partial charge on any atom is 0.358 e. The fourth-order valence-corrected chi connectivity index (χ4v) is 1.50. The van der Waals surface area contributed by atoms with Gasteiger partial charge in [-0.3, -0.25) is 4.79 Å². The quantitative estimate of drug-likeness (QED) is 0.733. The van der Waals surface area contributed by atoms with Gasteiger partial charge in [-0.25, -0.2) is 9.48 Å². The van der Waals surface area contributed by atoms with Gasteiger partial charge in [0.25, 0.3) is 0 Å². The second-order valence-corrected chi connectivity index (χ2v) is 3.59. The molecule has 0 saturated heterocycles. The van der Waals surface area contributed by atoms with Crippen molar-refractivity contribution >= 4 is 11.9 Å². The molecule has 7 nitrogen and oxygen atoms in total. The molecule has 0 saturated carbocycles. The van der Waals surface area contributed by atoms with E-state index in [4.69, 9.17) is 5.11 Å². The first-order valence-electron chi connectivity index (χ1n) is 5.46. The van der Waals surface area contributed by atoms with E-state index in [0.29, 0.717) is 18.7 Å². The molecule has 2 N–H and O–H groups in total. The standard InChI is InChI=1S/C10H16N4O3/c1-3-4-7-9(10(16)17)12-13-14(7)6-5-8(15)11-2/h3-6H2,1-2H3,(H,11,15)(H,16,17). The van der Waals surface area contributed by atoms with Gasteiger partial charge in [0.1, 0.15) is 0 Å². The van der Waals surface area contributed by atoms with Crippen LogP contribution >= 0.6 is 0 Å². The smallest absolute Gasteiger partial charge is 0.358 e. The number of nitrogens with one attached hydrogen (secondary N) is 1. The van der Waals surface area contributed by atoms with Crippen LogP contribution < -0.4 is 5.32 Å². The predicted octanol–water partition coefficient (Wildman–Crippen LogP) is 0.0649. The van der Waals surface area contributed by atoms with Gasteiger partial charge in [0.15, 0.2) is 5.69 Å². The van der Waals surface area contributed by atoms with Crippen LogP contribution in [0, 0.1) is 0 Å². The largest absolute Gasteiger partial charge is 0.476 e. The number of aromatic carboxylic acids is 1. The molecule has 0 radical (unpaired) electrons. The minimum absolute atomic E-state index is 0.0243. The van der Waals surface area contributed by atoms with Gasteiger partial charge in [0, 0.05) is 13.5 Å². The lowest BCUT2D eigenvalue weighted by Crippen LogP contribution is -2.20. The fraction of sp³-hybridized carbons (Fsp3) is 0.600. The van der Waals surface area contributed by atoms with Gasteiger partial charge in [0.05, 0.1) is 12.2 Å². The molecule has 0 unspecified atom stereocenters. The lowest BCUT2D eigenvalue weighted by atomic mass is 10.2. The lowest BCUT2D eigenvalue weighted by Gasteiger charge is -2.05. The second-order valence-electron chi connectivity index (χ2n) is 3.59. The van der Waals surface area contributed by atoms with Crippen molar-refractivity contribution < 1.29 is 14.7 Å². The maximum absolute atomic E-state index is 11.1. The zero-order chi connectivity index (χ0) is 12.8. The summed E-state index contributed by atoms with van der Waals surface area (Å²) in [5, 5.41) is 18.8. The Labute approximate surface area is 98.8 Å². The first kappa shape index (κ1) is 13.1. The molecule has 17 heavy (non-hydrogen) atoms. The van der Waals surface area contributed by atoms with E-state index in [2.05, 4.69) is 15.6 Å². The highest BCUT2D eigenvalue weighted by Gasteiger charge is 2.18. The van der Waals surface area contributed by atoms with Gasteiger partial charge in [0.2, 0.25) is 5.91 Å². The molecule has 1 rings (SSSR count). The molecule has 1 amide bonds. The summed E-state index contributed by atoms with van der Waals surface area (Å²) in [5.74, 6) is -1.19. The third kappa shape index (κ3) is 3.27. The molecule has 0 aliphatic carbocycles. The molecule has 0 spiro atoms. The molecular weight excluding hydrogens is 224 g/mol. The molecule has 0 aliphatic rings. The summed E-state index contributed by atoms with van der Waals surface area (Å²) < 4.78 is 1.49. The van der Waals surface area contributed by atoms with Crippen LogP contribution in [0.25, 0.3) is 0 Å². The van der Waals surface area contributed by atoms with E-state index in [1.54, 1.807) is 7.05 Å². The number of carbonyl (C=O) groups excluding carboxylic acids is 1. The van der Waals surface area contributed by atoms with Crippen molar-refractivity contribution in [1.82, 2.24) is 20.3 Å². The van der Waals surface area contributed by atoms with Crippen LogP contribution in [0.3, 0.4) is 0 Å². The molecule has 0 aliphatic heterocycles. The van der Waals surface area contributed by atoms with Crippen molar-refractivity contribution in [3.05, 3.63) is 11.4 Å². The first-order valence-corrected chi connectivity index (χ1v) is 5.46. The Bertz CT molecular complexity index is 414. The number of carboxylic acids is 1. The Morgan fingerprint density at radius 1 is 1.47 bits per heavy atom. The number of hydrogen-bond acceptors (Lipinski definition) is 4. The third-order valence-electron chi connectivity index (χ3n) is 2.36. The van der Waals surface area contributed by atoms with Crippen LogP contribution in [0.5, 0.6) is 0 Å². The summed E-state index contributed by atoms with van der Waals surface area (Å²) in [4.78, 5) is 22.0. The predicted molar refractivity (Wildman–Crippen MR) is 59.7 cm³/mol. The molecule has 1 aromatic rings. The Balaban J connectivity index is 2.84. The zero-order valence-corrected chi connectivity index (χ0v) is 9.93. The van der Waals surface area contributed by atoms with E-state index in [-0.39, 0.29) is 18.0 Å². The summed E-state index contributed by atoms with van der Waals surface area (Å²) in [7, 11) is 1.55. The molecule has 7 heteroatoms. The summed E-state index contributed by atoms with van der Waals surface area (Å²) in [6, 6.07) is 0. The van der Waals surface area contributed by atoms with Crippen LogP contribution in [0.15, 0.2) is 0 Å². The van der Waals surface area contributed by atoms with E-state index in [1.165, 1.54) is 4.68 Å². The monoisotopic (exact) mass is 240 g/mol. The van der Waals surface area contributed by atoms with E-state index < -0.39 is 5.97 Å². The lowest BCUT2D eigenvalue weighted by molar-refractivity contribution is -0.120. The first-order chi connectivity index (χ1) is 8.10. The maximum atomic E-state index is 11.1. The summed E-state index contributed by atoms with van der Waals surface area (Å²) in [6.07, 6.45) is 1.64. The van der Waals surface area contributed by atoms with Gasteiger partial charge < -0.3 is 10.4 Å². The van der Waals surface area contributed by atoms with Crippen LogP contribution in [-0.4, -0.2) is 39.0 Å². The molecule has 1 heterocycles. The van der Waals surface area contributed by atoms with Crippen molar-refractivity contribution in [2.75, 3.05) is 7.05 Å². The van der Waals surface area contributed by atoms with Crippen molar-refractivity contribution in [2.45, 2.75) is 32.7 Å². The van der Waals surface area contributed by atoms with Gasteiger partial charge in [-0.2, -0.15) is 0 Å². The van der Waals surface area contributed by atoms with Gasteiger partial charge in [-0.15, -0.1) is 5.10 Å². The van der Waals surface area contributed by atoms with Crippen molar-refractivity contribution in [1.29, 1.82) is 0 Å². The Hall–Kier alpha value is -1.92. The minimum atomic E-state index is -1.08. The summed E-state index contributed by atoms with van der Waals surface area (Å²) in [6.45, 7) is 2.29. The average molecular weight is 240 g/mol. The number of carbonyl (C=O) groups is 2.